The number of methoxy groups -OCH3 is 1. The van der Waals surface area contributed by atoms with Crippen molar-refractivity contribution in [1.82, 2.24) is 4.90 Å². The van der Waals surface area contributed by atoms with Gasteiger partial charge < -0.3 is 19.0 Å². The lowest BCUT2D eigenvalue weighted by Crippen LogP contribution is -2.26. The number of esters is 1. The Labute approximate surface area is 212 Å². The number of phenols is 1. The maximum Gasteiger partial charge on any atom is 0.453 e. The van der Waals surface area contributed by atoms with Gasteiger partial charge in [-0.25, -0.2) is 4.79 Å². The van der Waals surface area contributed by atoms with E-state index in [9.17, 15) is 27.9 Å². The number of nitrogens with zero attached hydrogens (tertiary/aromatic N) is 1. The molecule has 0 atom stereocenters. The number of hydrogen-bond donors (Lipinski definition) is 1. The van der Waals surface area contributed by atoms with Crippen LogP contribution in [0.5, 0.6) is 17.2 Å². The molecule has 1 N–H and O–H groups in total. The number of hydrogen-bond acceptors (Lipinski definition) is 7. The van der Waals surface area contributed by atoms with Gasteiger partial charge in [0.25, 0.3) is 5.76 Å². The van der Waals surface area contributed by atoms with E-state index in [1.54, 1.807) is 0 Å². The molecule has 7 nitrogen and oxygen atoms in total. The van der Waals surface area contributed by atoms with Crippen LogP contribution < -0.4 is 10.2 Å². The minimum Gasteiger partial charge on any atom is -0.507 e. The van der Waals surface area contributed by atoms with E-state index in [0.717, 1.165) is 25.7 Å². The third-order valence-electron chi connectivity index (χ3n) is 5.89. The lowest BCUT2D eigenvalue weighted by atomic mass is 10.1. The summed E-state index contributed by atoms with van der Waals surface area (Å²) in [7, 11) is 1.20. The molecule has 0 spiro atoms. The average Bonchev–Trinajstić information content (AvgIpc) is 2.87. The van der Waals surface area contributed by atoms with Crippen LogP contribution in [0.3, 0.4) is 0 Å². The second kappa shape index (κ2) is 12.1. The minimum atomic E-state index is -5.05. The molecule has 10 heteroatoms. The Bertz CT molecular complexity index is 1280. The molecule has 3 aromatic rings. The smallest absolute Gasteiger partial charge is 0.453 e. The van der Waals surface area contributed by atoms with E-state index >= 15 is 0 Å². The molecule has 0 saturated heterocycles. The van der Waals surface area contributed by atoms with Crippen molar-refractivity contribution in [1.29, 1.82) is 0 Å². The number of ether oxygens (including phenoxy) is 2. The zero-order valence-corrected chi connectivity index (χ0v) is 21.0. The number of halogens is 3. The molecule has 200 valence electrons. The highest BCUT2D eigenvalue weighted by Crippen LogP contribution is 2.40. The van der Waals surface area contributed by atoms with Gasteiger partial charge in [-0.2, -0.15) is 13.2 Å². The number of rotatable bonds is 11. The average molecular weight is 522 g/mol. The zero-order chi connectivity index (χ0) is 27.2. The molecular formula is C27H30F3NO6. The lowest BCUT2D eigenvalue weighted by molar-refractivity contribution is -0.154. The van der Waals surface area contributed by atoms with Gasteiger partial charge in [0.2, 0.25) is 11.2 Å². The Morgan fingerprint density at radius 1 is 1.03 bits per heavy atom. The molecule has 37 heavy (non-hydrogen) atoms. The number of aromatic hydroxyl groups is 1. The third kappa shape index (κ3) is 6.62. The van der Waals surface area contributed by atoms with Crippen molar-refractivity contribution >= 4 is 16.9 Å². The van der Waals surface area contributed by atoms with Crippen molar-refractivity contribution in [3.05, 3.63) is 63.5 Å². The molecular weight excluding hydrogens is 491 g/mol. The first kappa shape index (κ1) is 28.0. The second-order valence-corrected chi connectivity index (χ2v) is 8.63. The van der Waals surface area contributed by atoms with Crippen LogP contribution in [0.4, 0.5) is 13.2 Å². The monoisotopic (exact) mass is 521 g/mol. The highest BCUT2D eigenvalue weighted by atomic mass is 19.4. The summed E-state index contributed by atoms with van der Waals surface area (Å²) in [6.45, 7) is 5.56. The van der Waals surface area contributed by atoms with E-state index in [-0.39, 0.29) is 40.1 Å². The molecule has 0 amide bonds. The van der Waals surface area contributed by atoms with Crippen LogP contribution in [0.1, 0.15) is 61.2 Å². The summed E-state index contributed by atoms with van der Waals surface area (Å²) < 4.78 is 57.4. The number of carbonyl (C=O) groups excluding carboxylic acids is 1. The maximum atomic E-state index is 14.1. The Kier molecular flexibility index (Phi) is 9.20. The zero-order valence-electron chi connectivity index (χ0n) is 21.0. The third-order valence-corrected chi connectivity index (χ3v) is 5.89. The molecule has 0 aliphatic rings. The molecule has 3 rings (SSSR count). The predicted octanol–water partition coefficient (Wildman–Crippen LogP) is 6.50. The van der Waals surface area contributed by atoms with Gasteiger partial charge in [-0.3, -0.25) is 9.69 Å². The number of carbonyl (C=O) groups is 1. The molecule has 0 bridgehead atoms. The van der Waals surface area contributed by atoms with Crippen molar-refractivity contribution in [3.63, 3.8) is 0 Å². The van der Waals surface area contributed by atoms with Gasteiger partial charge in [0.05, 0.1) is 23.6 Å². The number of benzene rings is 2. The van der Waals surface area contributed by atoms with Crippen LogP contribution in [0.2, 0.25) is 0 Å². The maximum absolute atomic E-state index is 14.1. The molecule has 1 heterocycles. The van der Waals surface area contributed by atoms with Crippen molar-refractivity contribution in [2.75, 3.05) is 20.2 Å². The van der Waals surface area contributed by atoms with E-state index in [4.69, 9.17) is 9.15 Å². The number of alkyl halides is 3. The summed E-state index contributed by atoms with van der Waals surface area (Å²) in [6.07, 6.45) is -1.45. The Balaban J connectivity index is 2.11. The Hall–Kier alpha value is -3.53. The van der Waals surface area contributed by atoms with Gasteiger partial charge in [0, 0.05) is 6.54 Å². The standard InChI is InChI=1S/C27H30F3NO6/c1-4-6-14-31(15-7-5-2)16-20-21(32)13-12-19-22(33)24(25(27(28,29)30)37-23(19)20)36-18-10-8-17(9-11-18)26(34)35-3/h8-13,32H,4-7,14-16H2,1-3H3. The SMILES string of the molecule is CCCCN(CCCC)Cc1c(O)ccc2c(=O)c(Oc3ccc(C(=O)OC)cc3)c(C(F)(F)F)oc12. The normalized spacial score (nSPS) is 11.8. The van der Waals surface area contributed by atoms with Crippen LogP contribution in [0.25, 0.3) is 11.0 Å². The van der Waals surface area contributed by atoms with Crippen LogP contribution in [0, 0.1) is 0 Å². The molecule has 1 aromatic heterocycles. The summed E-state index contributed by atoms with van der Waals surface area (Å²) in [5.41, 5.74) is -1.09. The Morgan fingerprint density at radius 2 is 1.65 bits per heavy atom. The quantitative estimate of drug-likeness (QED) is 0.288. The van der Waals surface area contributed by atoms with Crippen molar-refractivity contribution in [3.8, 4) is 17.2 Å². The van der Waals surface area contributed by atoms with E-state index in [2.05, 4.69) is 4.74 Å². The predicted molar refractivity (Wildman–Crippen MR) is 132 cm³/mol. The summed E-state index contributed by atoms with van der Waals surface area (Å²) in [4.78, 5) is 26.9. The van der Waals surface area contributed by atoms with Crippen LogP contribution >= 0.6 is 0 Å². The van der Waals surface area contributed by atoms with Gasteiger partial charge in [-0.05, 0) is 62.3 Å². The first-order valence-electron chi connectivity index (χ1n) is 12.1. The second-order valence-electron chi connectivity index (χ2n) is 8.63. The van der Waals surface area contributed by atoms with Crippen LogP contribution in [0.15, 0.2) is 45.6 Å². The highest BCUT2D eigenvalue weighted by Gasteiger charge is 2.41. The van der Waals surface area contributed by atoms with Gasteiger partial charge in [0.15, 0.2) is 0 Å². The van der Waals surface area contributed by atoms with Gasteiger partial charge >= 0.3 is 12.1 Å². The molecule has 0 aliphatic carbocycles. The topological polar surface area (TPSA) is 89.2 Å². The van der Waals surface area contributed by atoms with Crippen molar-refractivity contribution in [2.45, 2.75) is 52.3 Å². The summed E-state index contributed by atoms with van der Waals surface area (Å²) in [6, 6.07) is 7.59. The molecule has 2 aromatic carbocycles. The summed E-state index contributed by atoms with van der Waals surface area (Å²) >= 11 is 0. The van der Waals surface area contributed by atoms with Crippen molar-refractivity contribution < 1.29 is 37.0 Å². The molecule has 0 aliphatic heterocycles. The van der Waals surface area contributed by atoms with Crippen molar-refractivity contribution in [2.24, 2.45) is 0 Å². The van der Waals surface area contributed by atoms with E-state index in [1.165, 1.54) is 43.5 Å². The Morgan fingerprint density at radius 3 is 2.19 bits per heavy atom. The molecule has 0 unspecified atom stereocenters. The van der Waals surface area contributed by atoms with Crippen LogP contribution in [-0.4, -0.2) is 36.2 Å². The van der Waals surface area contributed by atoms with E-state index in [0.29, 0.717) is 13.1 Å². The number of unbranched alkanes of at least 4 members (excludes halogenated alkanes) is 2. The highest BCUT2D eigenvalue weighted by molar-refractivity contribution is 5.89. The molecule has 0 radical (unpaired) electrons. The first-order valence-corrected chi connectivity index (χ1v) is 12.1. The lowest BCUT2D eigenvalue weighted by Gasteiger charge is -2.23. The van der Waals surface area contributed by atoms with Gasteiger partial charge in [-0.1, -0.05) is 26.7 Å². The molecule has 0 fully saturated rings. The minimum absolute atomic E-state index is 0.103. The fourth-order valence-corrected chi connectivity index (χ4v) is 3.87. The summed E-state index contributed by atoms with van der Waals surface area (Å²) in [5, 5.41) is 10.4. The van der Waals surface area contributed by atoms with E-state index in [1.807, 2.05) is 18.7 Å². The first-order chi connectivity index (χ1) is 17.6. The fraction of sp³-hybridized carbons (Fsp3) is 0.407. The summed E-state index contributed by atoms with van der Waals surface area (Å²) in [5.74, 6) is -3.63. The largest absolute Gasteiger partial charge is 0.507 e. The number of phenolic OH excluding ortho intramolecular Hbond substituents is 1. The molecule has 0 saturated carbocycles. The van der Waals surface area contributed by atoms with Gasteiger partial charge in [-0.15, -0.1) is 0 Å². The number of fused-ring (bicyclic) bond motifs is 1. The van der Waals surface area contributed by atoms with Gasteiger partial charge in [0.1, 0.15) is 17.1 Å². The van der Waals surface area contributed by atoms with E-state index < -0.39 is 29.1 Å². The fourth-order valence-electron chi connectivity index (χ4n) is 3.87. The van der Waals surface area contributed by atoms with Crippen LogP contribution in [-0.2, 0) is 17.5 Å².